The fraction of sp³-hybridized carbons (Fsp3) is 0.222. The molecule has 1 rings (SSSR count). The van der Waals surface area contributed by atoms with Gasteiger partial charge in [-0.05, 0) is 12.1 Å². The molecule has 17 heavy (non-hydrogen) atoms. The molecule has 0 atom stereocenters. The highest BCUT2D eigenvalue weighted by atomic mass is 35.5. The molecule has 0 aliphatic rings. The largest absolute Gasteiger partial charge is 0.478 e. The molecule has 0 bridgehead atoms. The van der Waals surface area contributed by atoms with E-state index < -0.39 is 16.0 Å². The number of benzene rings is 1. The standard InChI is InChI=1S/C9H9Cl2NO4S/c1-2-12-17(15,16)8-3-5(9(13)14)6(10)4-7(8)11/h3-4,12H,2H2,1H3,(H,13,14). The van der Waals surface area contributed by atoms with E-state index in [2.05, 4.69) is 4.72 Å². The molecule has 5 nitrogen and oxygen atoms in total. The second-order valence-corrected chi connectivity index (χ2v) is 5.62. The van der Waals surface area contributed by atoms with Crippen molar-refractivity contribution in [2.45, 2.75) is 11.8 Å². The molecule has 0 aliphatic carbocycles. The lowest BCUT2D eigenvalue weighted by Crippen LogP contribution is -2.23. The molecule has 0 amide bonds. The van der Waals surface area contributed by atoms with E-state index in [1.54, 1.807) is 6.92 Å². The smallest absolute Gasteiger partial charge is 0.337 e. The van der Waals surface area contributed by atoms with Crippen LogP contribution < -0.4 is 4.72 Å². The predicted molar refractivity (Wildman–Crippen MR) is 64.3 cm³/mol. The second-order valence-electron chi connectivity index (χ2n) is 3.07. The molecule has 94 valence electrons. The topological polar surface area (TPSA) is 83.5 Å². The molecule has 0 radical (unpaired) electrons. The Kier molecular flexibility index (Phi) is 4.37. The average molecular weight is 298 g/mol. The summed E-state index contributed by atoms with van der Waals surface area (Å²) in [7, 11) is -3.82. The number of carboxylic acids is 1. The highest BCUT2D eigenvalue weighted by Gasteiger charge is 2.21. The van der Waals surface area contributed by atoms with Crippen LogP contribution in [-0.2, 0) is 10.0 Å². The lowest BCUT2D eigenvalue weighted by Gasteiger charge is -2.08. The number of sulfonamides is 1. The Morgan fingerprint density at radius 2 is 1.94 bits per heavy atom. The Morgan fingerprint density at radius 1 is 1.35 bits per heavy atom. The van der Waals surface area contributed by atoms with Gasteiger partial charge in [-0.3, -0.25) is 0 Å². The first-order chi connectivity index (χ1) is 7.79. The van der Waals surface area contributed by atoms with E-state index in [9.17, 15) is 13.2 Å². The first-order valence-electron chi connectivity index (χ1n) is 4.51. The zero-order valence-electron chi connectivity index (χ0n) is 8.70. The van der Waals surface area contributed by atoms with Crippen molar-refractivity contribution in [1.82, 2.24) is 4.72 Å². The zero-order valence-corrected chi connectivity index (χ0v) is 11.0. The van der Waals surface area contributed by atoms with E-state index in [0.29, 0.717) is 0 Å². The Morgan fingerprint density at radius 3 is 2.41 bits per heavy atom. The molecule has 0 fully saturated rings. The summed E-state index contributed by atoms with van der Waals surface area (Å²) in [4.78, 5) is 10.5. The summed E-state index contributed by atoms with van der Waals surface area (Å²) in [5, 5.41) is 8.60. The number of hydrogen-bond donors (Lipinski definition) is 2. The SMILES string of the molecule is CCNS(=O)(=O)c1cc(C(=O)O)c(Cl)cc1Cl. The van der Waals surface area contributed by atoms with E-state index in [1.165, 1.54) is 0 Å². The number of hydrogen-bond acceptors (Lipinski definition) is 3. The van der Waals surface area contributed by atoms with Gasteiger partial charge in [-0.15, -0.1) is 0 Å². The molecular weight excluding hydrogens is 289 g/mol. The van der Waals surface area contributed by atoms with Crippen LogP contribution in [0.4, 0.5) is 0 Å². The second kappa shape index (κ2) is 5.22. The molecule has 0 heterocycles. The summed E-state index contributed by atoms with van der Waals surface area (Å²) in [5.41, 5.74) is -0.312. The van der Waals surface area contributed by atoms with Crippen molar-refractivity contribution in [2.75, 3.05) is 6.54 Å². The van der Waals surface area contributed by atoms with Crippen LogP contribution in [0.25, 0.3) is 0 Å². The normalized spacial score (nSPS) is 11.5. The van der Waals surface area contributed by atoms with Gasteiger partial charge in [0.2, 0.25) is 10.0 Å². The van der Waals surface area contributed by atoms with Gasteiger partial charge < -0.3 is 5.11 Å². The van der Waals surface area contributed by atoms with E-state index in [4.69, 9.17) is 28.3 Å². The van der Waals surface area contributed by atoms with Gasteiger partial charge in [0.25, 0.3) is 0 Å². The summed E-state index contributed by atoms with van der Waals surface area (Å²) in [6.45, 7) is 1.77. The maximum atomic E-state index is 11.7. The van der Waals surface area contributed by atoms with Gasteiger partial charge in [0, 0.05) is 6.54 Å². The molecule has 0 saturated carbocycles. The molecule has 0 spiro atoms. The number of carbonyl (C=O) groups is 1. The van der Waals surface area contributed by atoms with Crippen molar-refractivity contribution in [2.24, 2.45) is 0 Å². The molecule has 1 aromatic rings. The van der Waals surface area contributed by atoms with Crippen LogP contribution in [0.15, 0.2) is 17.0 Å². The van der Waals surface area contributed by atoms with Crippen molar-refractivity contribution < 1.29 is 18.3 Å². The van der Waals surface area contributed by atoms with Crippen LogP contribution in [0.1, 0.15) is 17.3 Å². The molecule has 0 unspecified atom stereocenters. The third-order valence-corrected chi connectivity index (χ3v) is 4.20. The highest BCUT2D eigenvalue weighted by molar-refractivity contribution is 7.89. The summed E-state index contributed by atoms with van der Waals surface area (Å²) >= 11 is 11.4. The molecular formula is C9H9Cl2NO4S. The fourth-order valence-electron chi connectivity index (χ4n) is 1.17. The molecule has 0 saturated heterocycles. The molecule has 0 aromatic heterocycles. The van der Waals surface area contributed by atoms with E-state index in [-0.39, 0.29) is 27.0 Å². The Bertz CT molecular complexity index is 556. The van der Waals surface area contributed by atoms with Crippen LogP contribution in [0.3, 0.4) is 0 Å². The first kappa shape index (κ1) is 14.2. The lowest BCUT2D eigenvalue weighted by atomic mass is 10.2. The zero-order chi connectivity index (χ0) is 13.2. The van der Waals surface area contributed by atoms with Crippen molar-refractivity contribution in [1.29, 1.82) is 0 Å². The van der Waals surface area contributed by atoms with Crippen molar-refractivity contribution in [3.05, 3.63) is 27.7 Å². The average Bonchev–Trinajstić information content (AvgIpc) is 2.15. The third-order valence-electron chi connectivity index (χ3n) is 1.88. The minimum absolute atomic E-state index is 0.113. The van der Waals surface area contributed by atoms with Gasteiger partial charge >= 0.3 is 5.97 Å². The van der Waals surface area contributed by atoms with Gasteiger partial charge in [0.1, 0.15) is 4.90 Å². The highest BCUT2D eigenvalue weighted by Crippen LogP contribution is 2.28. The monoisotopic (exact) mass is 297 g/mol. The van der Waals surface area contributed by atoms with Gasteiger partial charge in [-0.2, -0.15) is 0 Å². The van der Waals surface area contributed by atoms with Crippen LogP contribution >= 0.6 is 23.2 Å². The van der Waals surface area contributed by atoms with E-state index in [0.717, 1.165) is 12.1 Å². The maximum absolute atomic E-state index is 11.7. The number of nitrogens with one attached hydrogen (secondary N) is 1. The fourth-order valence-corrected chi connectivity index (χ4v) is 3.06. The Hall–Kier alpha value is -0.820. The number of halogens is 2. The maximum Gasteiger partial charge on any atom is 0.337 e. The molecule has 2 N–H and O–H groups in total. The molecule has 0 aliphatic heterocycles. The number of rotatable bonds is 4. The quantitative estimate of drug-likeness (QED) is 0.890. The van der Waals surface area contributed by atoms with E-state index >= 15 is 0 Å². The van der Waals surface area contributed by atoms with Gasteiger partial charge in [0.05, 0.1) is 15.6 Å². The number of aromatic carboxylic acids is 1. The minimum Gasteiger partial charge on any atom is -0.478 e. The van der Waals surface area contributed by atoms with Gasteiger partial charge in [-0.1, -0.05) is 30.1 Å². The molecule has 8 heteroatoms. The van der Waals surface area contributed by atoms with Crippen molar-refractivity contribution in [3.63, 3.8) is 0 Å². The van der Waals surface area contributed by atoms with Crippen LogP contribution in [0.5, 0.6) is 0 Å². The van der Waals surface area contributed by atoms with Crippen LogP contribution in [-0.4, -0.2) is 26.0 Å². The van der Waals surface area contributed by atoms with Crippen LogP contribution in [0, 0.1) is 0 Å². The lowest BCUT2D eigenvalue weighted by molar-refractivity contribution is 0.0697. The molecule has 1 aromatic carbocycles. The summed E-state index contributed by atoms with van der Waals surface area (Å²) in [5.74, 6) is -1.32. The summed E-state index contributed by atoms with van der Waals surface area (Å²) in [6, 6.07) is 2.03. The third kappa shape index (κ3) is 3.10. The van der Waals surface area contributed by atoms with E-state index in [1.807, 2.05) is 0 Å². The van der Waals surface area contributed by atoms with Gasteiger partial charge in [-0.25, -0.2) is 17.9 Å². The summed E-state index contributed by atoms with van der Waals surface area (Å²) < 4.78 is 25.6. The first-order valence-corrected chi connectivity index (χ1v) is 6.75. The predicted octanol–water partition coefficient (Wildman–Crippen LogP) is 1.99. The number of carboxylic acid groups (broad SMARTS) is 1. The van der Waals surface area contributed by atoms with Gasteiger partial charge in [0.15, 0.2) is 0 Å². The summed E-state index contributed by atoms with van der Waals surface area (Å²) in [6.07, 6.45) is 0. The van der Waals surface area contributed by atoms with Crippen molar-refractivity contribution in [3.8, 4) is 0 Å². The Balaban J connectivity index is 3.45. The van der Waals surface area contributed by atoms with Crippen molar-refractivity contribution >= 4 is 39.2 Å². The van der Waals surface area contributed by atoms with Crippen LogP contribution in [0.2, 0.25) is 10.0 Å². The Labute approximate surface area is 108 Å². The minimum atomic E-state index is -3.82.